The Balaban J connectivity index is 2.20. The summed E-state index contributed by atoms with van der Waals surface area (Å²) in [4.78, 5) is 3.15. The molecule has 0 bridgehead atoms. The number of nitrogens with one attached hydrogen (secondary N) is 2. The van der Waals surface area contributed by atoms with Crippen molar-refractivity contribution in [3.63, 3.8) is 0 Å². The van der Waals surface area contributed by atoms with Crippen molar-refractivity contribution in [3.8, 4) is 0 Å². The van der Waals surface area contributed by atoms with E-state index in [-0.39, 0.29) is 5.41 Å². The Bertz CT molecular complexity index is 291. The maximum Gasteiger partial charge on any atom is 0.0589 e. The van der Waals surface area contributed by atoms with Gasteiger partial charge in [0.05, 0.1) is 13.2 Å². The maximum absolute atomic E-state index is 5.45. The van der Waals surface area contributed by atoms with E-state index in [1.54, 1.807) is 0 Å². The van der Waals surface area contributed by atoms with Crippen LogP contribution in [0.4, 0.5) is 0 Å². The van der Waals surface area contributed by atoms with Gasteiger partial charge < -0.3 is 15.0 Å². The zero-order valence-electron chi connectivity index (χ0n) is 9.55. The topological polar surface area (TPSA) is 37.0 Å². The Hall–Kier alpha value is -0.800. The van der Waals surface area contributed by atoms with Crippen molar-refractivity contribution in [3.05, 3.63) is 24.0 Å². The molecule has 1 fully saturated rings. The minimum absolute atomic E-state index is 0.248. The molecule has 2 heterocycles. The van der Waals surface area contributed by atoms with Gasteiger partial charge in [0.1, 0.15) is 0 Å². The molecule has 1 saturated heterocycles. The van der Waals surface area contributed by atoms with Gasteiger partial charge in [0.2, 0.25) is 0 Å². The molecular weight excluding hydrogens is 188 g/mol. The van der Waals surface area contributed by atoms with Crippen molar-refractivity contribution < 1.29 is 4.74 Å². The first-order valence-corrected chi connectivity index (χ1v) is 5.69. The van der Waals surface area contributed by atoms with E-state index in [1.807, 2.05) is 13.2 Å². The number of aromatic amines is 1. The van der Waals surface area contributed by atoms with E-state index < -0.39 is 0 Å². The van der Waals surface area contributed by atoms with E-state index >= 15 is 0 Å². The normalized spacial score (nSPS) is 20.9. The van der Waals surface area contributed by atoms with Crippen molar-refractivity contribution in [2.24, 2.45) is 5.92 Å². The van der Waals surface area contributed by atoms with Crippen LogP contribution in [-0.4, -0.2) is 31.8 Å². The van der Waals surface area contributed by atoms with Gasteiger partial charge in [-0.3, -0.25) is 0 Å². The van der Waals surface area contributed by atoms with Crippen LogP contribution in [0.2, 0.25) is 0 Å². The highest BCUT2D eigenvalue weighted by Crippen LogP contribution is 2.40. The van der Waals surface area contributed by atoms with Crippen LogP contribution in [0.15, 0.2) is 18.5 Å². The van der Waals surface area contributed by atoms with E-state index in [4.69, 9.17) is 4.74 Å². The Morgan fingerprint density at radius 2 is 2.40 bits per heavy atom. The molecule has 0 saturated carbocycles. The third-order valence-corrected chi connectivity index (χ3v) is 3.62. The quantitative estimate of drug-likeness (QED) is 0.770. The van der Waals surface area contributed by atoms with Crippen LogP contribution < -0.4 is 5.32 Å². The van der Waals surface area contributed by atoms with Crippen molar-refractivity contribution in [2.75, 3.05) is 26.8 Å². The van der Waals surface area contributed by atoms with E-state index in [0.717, 1.165) is 19.8 Å². The summed E-state index contributed by atoms with van der Waals surface area (Å²) < 4.78 is 5.45. The third kappa shape index (κ3) is 1.70. The molecule has 2 rings (SSSR count). The average Bonchev–Trinajstić information content (AvgIpc) is 2.68. The lowest BCUT2D eigenvalue weighted by molar-refractivity contribution is -0.0909. The molecule has 15 heavy (non-hydrogen) atoms. The molecule has 1 aromatic heterocycles. The van der Waals surface area contributed by atoms with E-state index in [9.17, 15) is 0 Å². The predicted molar refractivity (Wildman–Crippen MR) is 61.0 cm³/mol. The van der Waals surface area contributed by atoms with Gasteiger partial charge in [0.25, 0.3) is 0 Å². The summed E-state index contributed by atoms with van der Waals surface area (Å²) in [5.74, 6) is 0.659. The van der Waals surface area contributed by atoms with Crippen LogP contribution >= 0.6 is 0 Å². The van der Waals surface area contributed by atoms with Crippen molar-refractivity contribution in [2.45, 2.75) is 18.8 Å². The zero-order valence-corrected chi connectivity index (χ0v) is 9.55. The Morgan fingerprint density at radius 3 is 2.80 bits per heavy atom. The van der Waals surface area contributed by atoms with Crippen LogP contribution in [0.25, 0.3) is 0 Å². The minimum atomic E-state index is 0.248. The van der Waals surface area contributed by atoms with Crippen molar-refractivity contribution in [1.29, 1.82) is 0 Å². The highest BCUT2D eigenvalue weighted by molar-refractivity contribution is 5.26. The monoisotopic (exact) mass is 208 g/mol. The Morgan fingerprint density at radius 1 is 1.60 bits per heavy atom. The maximum atomic E-state index is 5.45. The molecule has 1 unspecified atom stereocenters. The Kier molecular flexibility index (Phi) is 3.12. The number of rotatable bonds is 5. The summed E-state index contributed by atoms with van der Waals surface area (Å²) >= 11 is 0. The van der Waals surface area contributed by atoms with Crippen LogP contribution in [0.3, 0.4) is 0 Å². The number of ether oxygens (including phenoxy) is 1. The lowest BCUT2D eigenvalue weighted by Gasteiger charge is -2.47. The highest BCUT2D eigenvalue weighted by Gasteiger charge is 2.46. The molecule has 0 aliphatic carbocycles. The second-order valence-corrected chi connectivity index (χ2v) is 4.41. The second kappa shape index (κ2) is 4.37. The lowest BCUT2D eigenvalue weighted by atomic mass is 9.68. The number of hydrogen-bond donors (Lipinski definition) is 2. The molecule has 0 amide bonds. The molecule has 3 nitrogen and oxygen atoms in total. The first-order chi connectivity index (χ1) is 7.33. The standard InChI is InChI=1S/C12H20N2O/c1-3-10(6-13-2)12(8-15-9-12)11-4-5-14-7-11/h4-5,7,10,13-14H,3,6,8-9H2,1-2H3. The summed E-state index contributed by atoms with van der Waals surface area (Å²) in [6.07, 6.45) is 5.30. The van der Waals surface area contributed by atoms with Gasteiger partial charge >= 0.3 is 0 Å². The van der Waals surface area contributed by atoms with Gasteiger partial charge in [-0.05, 0) is 31.1 Å². The molecule has 1 atom stereocenters. The van der Waals surface area contributed by atoms with Crippen LogP contribution in [0.1, 0.15) is 18.9 Å². The molecule has 1 aliphatic rings. The molecule has 0 aromatic carbocycles. The summed E-state index contributed by atoms with van der Waals surface area (Å²) in [7, 11) is 2.02. The molecule has 0 radical (unpaired) electrons. The smallest absolute Gasteiger partial charge is 0.0589 e. The predicted octanol–water partition coefficient (Wildman–Crippen LogP) is 1.53. The Labute approximate surface area is 91.2 Å². The van der Waals surface area contributed by atoms with Gasteiger partial charge in [-0.1, -0.05) is 13.3 Å². The lowest BCUT2D eigenvalue weighted by Crippen LogP contribution is -2.54. The van der Waals surface area contributed by atoms with Gasteiger partial charge in [-0.15, -0.1) is 0 Å². The van der Waals surface area contributed by atoms with Crippen LogP contribution in [0, 0.1) is 5.92 Å². The molecule has 3 heteroatoms. The summed E-state index contributed by atoms with van der Waals surface area (Å²) in [5.41, 5.74) is 1.65. The van der Waals surface area contributed by atoms with Crippen LogP contribution in [-0.2, 0) is 10.2 Å². The second-order valence-electron chi connectivity index (χ2n) is 4.41. The fourth-order valence-electron chi connectivity index (χ4n) is 2.57. The van der Waals surface area contributed by atoms with Gasteiger partial charge in [-0.25, -0.2) is 0 Å². The largest absolute Gasteiger partial charge is 0.379 e. The fourth-order valence-corrected chi connectivity index (χ4v) is 2.57. The summed E-state index contributed by atoms with van der Waals surface area (Å²) in [6, 6.07) is 2.18. The van der Waals surface area contributed by atoms with Gasteiger partial charge in [-0.2, -0.15) is 0 Å². The van der Waals surface area contributed by atoms with Gasteiger partial charge in [0.15, 0.2) is 0 Å². The summed E-state index contributed by atoms with van der Waals surface area (Å²) in [6.45, 7) is 5.05. The molecule has 2 N–H and O–H groups in total. The minimum Gasteiger partial charge on any atom is -0.379 e. The molecule has 0 spiro atoms. The van der Waals surface area contributed by atoms with Gasteiger partial charge in [0, 0.05) is 17.8 Å². The van der Waals surface area contributed by atoms with E-state index in [1.165, 1.54) is 12.0 Å². The first-order valence-electron chi connectivity index (χ1n) is 5.69. The first kappa shape index (κ1) is 10.7. The van der Waals surface area contributed by atoms with E-state index in [2.05, 4.69) is 29.5 Å². The van der Waals surface area contributed by atoms with Crippen LogP contribution in [0.5, 0.6) is 0 Å². The molecular formula is C12H20N2O. The number of H-pyrrole nitrogens is 1. The molecule has 1 aliphatic heterocycles. The fraction of sp³-hybridized carbons (Fsp3) is 0.667. The number of hydrogen-bond acceptors (Lipinski definition) is 2. The SMILES string of the molecule is CCC(CNC)C1(c2cc[nH]c2)COC1. The molecule has 1 aromatic rings. The number of aromatic nitrogens is 1. The van der Waals surface area contributed by atoms with Crippen molar-refractivity contribution in [1.82, 2.24) is 10.3 Å². The average molecular weight is 208 g/mol. The van der Waals surface area contributed by atoms with E-state index in [0.29, 0.717) is 5.92 Å². The highest BCUT2D eigenvalue weighted by atomic mass is 16.5. The molecule has 84 valence electrons. The third-order valence-electron chi connectivity index (χ3n) is 3.62. The summed E-state index contributed by atoms with van der Waals surface area (Å²) in [5, 5.41) is 3.29. The zero-order chi connectivity index (χ0) is 10.7. The van der Waals surface area contributed by atoms with Crippen molar-refractivity contribution >= 4 is 0 Å².